The van der Waals surface area contributed by atoms with Gasteiger partial charge in [0.2, 0.25) is 0 Å². The Morgan fingerprint density at radius 2 is 0.818 bits per heavy atom. The first kappa shape index (κ1) is 30.7. The van der Waals surface area contributed by atoms with Gasteiger partial charge in [-0.3, -0.25) is 0 Å². The molecule has 0 aliphatic rings. The van der Waals surface area contributed by atoms with E-state index in [2.05, 4.69) is 163 Å². The summed E-state index contributed by atoms with van der Waals surface area (Å²) in [4.78, 5) is 7.97. The molecule has 0 aliphatic heterocycles. The maximum Gasteiger partial charge on any atom is 0.197 e. The van der Waals surface area contributed by atoms with Gasteiger partial charge in [0.1, 0.15) is 0 Å². The molecule has 3 aromatic heterocycles. The van der Waals surface area contributed by atoms with Gasteiger partial charge in [-0.25, -0.2) is 9.69 Å². The Kier molecular flexibility index (Phi) is 6.61. The highest BCUT2D eigenvalue weighted by Gasteiger charge is 2.23. The van der Waals surface area contributed by atoms with Crippen molar-refractivity contribution in [2.45, 2.75) is 0 Å². The quantitative estimate of drug-likeness (QED) is 0.163. The molecule has 11 rings (SSSR count). The van der Waals surface area contributed by atoms with Crippen molar-refractivity contribution in [2.24, 2.45) is 0 Å². The molecular formula is C50H29N5. The van der Waals surface area contributed by atoms with Crippen LogP contribution in [-0.4, -0.2) is 13.7 Å². The first-order valence-corrected chi connectivity index (χ1v) is 18.3. The van der Waals surface area contributed by atoms with Crippen molar-refractivity contribution in [1.29, 1.82) is 0 Å². The molecular weight excluding hydrogens is 671 g/mol. The summed E-state index contributed by atoms with van der Waals surface area (Å²) in [5.74, 6) is 0. The second-order valence-corrected chi connectivity index (χ2v) is 13.9. The Morgan fingerprint density at radius 1 is 0.345 bits per heavy atom. The molecule has 0 N–H and O–H groups in total. The molecule has 254 valence electrons. The van der Waals surface area contributed by atoms with E-state index in [0.29, 0.717) is 11.4 Å². The fourth-order valence-corrected chi connectivity index (χ4v) is 8.87. The summed E-state index contributed by atoms with van der Waals surface area (Å²) in [7, 11) is 0. The normalized spacial score (nSPS) is 11.6. The molecule has 0 amide bonds. The van der Waals surface area contributed by atoms with E-state index in [9.17, 15) is 0 Å². The Bertz CT molecular complexity index is 3400. The first-order chi connectivity index (χ1) is 27.2. The van der Waals surface area contributed by atoms with Gasteiger partial charge in [-0.05, 0) is 65.5 Å². The minimum absolute atomic E-state index is 0.587. The van der Waals surface area contributed by atoms with Gasteiger partial charge in [-0.2, -0.15) is 0 Å². The average Bonchev–Trinajstić information content (AvgIpc) is 3.89. The van der Waals surface area contributed by atoms with Crippen LogP contribution in [0, 0.1) is 13.1 Å². The molecule has 5 nitrogen and oxygen atoms in total. The Balaban J connectivity index is 1.18. The van der Waals surface area contributed by atoms with Gasteiger partial charge >= 0.3 is 0 Å². The van der Waals surface area contributed by atoms with Crippen LogP contribution in [-0.2, 0) is 0 Å². The lowest BCUT2D eigenvalue weighted by atomic mass is 10.0. The number of fused-ring (bicyclic) bond motifs is 9. The van der Waals surface area contributed by atoms with E-state index in [4.69, 9.17) is 13.1 Å². The molecule has 8 aromatic carbocycles. The smallest absolute Gasteiger partial charge is 0.197 e. The van der Waals surface area contributed by atoms with Crippen molar-refractivity contribution in [2.75, 3.05) is 0 Å². The van der Waals surface area contributed by atoms with Gasteiger partial charge in [-0.15, -0.1) is 0 Å². The van der Waals surface area contributed by atoms with Crippen LogP contribution in [0.4, 0.5) is 11.4 Å². The molecule has 11 aromatic rings. The molecule has 0 fully saturated rings. The summed E-state index contributed by atoms with van der Waals surface area (Å²) in [5, 5.41) is 6.74. The van der Waals surface area contributed by atoms with Crippen LogP contribution < -0.4 is 0 Å². The van der Waals surface area contributed by atoms with E-state index >= 15 is 0 Å². The van der Waals surface area contributed by atoms with E-state index in [1.165, 1.54) is 10.8 Å². The van der Waals surface area contributed by atoms with E-state index < -0.39 is 0 Å². The second kappa shape index (κ2) is 11.8. The molecule has 0 radical (unpaired) electrons. The van der Waals surface area contributed by atoms with Crippen molar-refractivity contribution < 1.29 is 0 Å². The van der Waals surface area contributed by atoms with Gasteiger partial charge in [-0.1, -0.05) is 121 Å². The summed E-state index contributed by atoms with van der Waals surface area (Å²) >= 11 is 0. The summed E-state index contributed by atoms with van der Waals surface area (Å²) in [6.07, 6.45) is 0. The van der Waals surface area contributed by atoms with Gasteiger partial charge in [0.05, 0.1) is 46.4 Å². The first-order valence-electron chi connectivity index (χ1n) is 18.3. The molecule has 0 saturated heterocycles. The number of benzene rings is 8. The molecule has 0 aliphatic carbocycles. The lowest BCUT2D eigenvalue weighted by molar-refractivity contribution is 1.13. The largest absolute Gasteiger partial charge is 0.311 e. The fraction of sp³-hybridized carbons (Fsp3) is 0. The highest BCUT2D eigenvalue weighted by atomic mass is 15.1. The lowest BCUT2D eigenvalue weighted by Gasteiger charge is -2.18. The zero-order chi connectivity index (χ0) is 36.6. The van der Waals surface area contributed by atoms with Crippen LogP contribution in [0.1, 0.15) is 0 Å². The van der Waals surface area contributed by atoms with Crippen molar-refractivity contribution in [3.05, 3.63) is 199 Å². The summed E-state index contributed by atoms with van der Waals surface area (Å²) < 4.78 is 6.98. The highest BCUT2D eigenvalue weighted by Crippen LogP contribution is 2.44. The minimum atomic E-state index is 0.587. The summed E-state index contributed by atoms with van der Waals surface area (Å²) in [5.41, 5.74) is 12.6. The van der Waals surface area contributed by atoms with E-state index in [1.54, 1.807) is 0 Å². The number of hydrogen-bond donors (Lipinski definition) is 0. The van der Waals surface area contributed by atoms with Crippen LogP contribution in [0.15, 0.2) is 176 Å². The standard InChI is InChI=1S/C50H29N5/c1-51-39-19-12-25-45(48(39)32-28-30-33(31-29-32)53-44-24-10-6-17-38(44)49-40(52-2)20-13-26-46(49)53)55-43-23-9-5-16-36(43)37-18-11-27-47(50(37)55)54-41-21-7-3-14-34(41)35-15-4-8-22-42(35)54/h3-31H. The minimum Gasteiger partial charge on any atom is -0.311 e. The van der Waals surface area contributed by atoms with Crippen LogP contribution in [0.5, 0.6) is 0 Å². The molecule has 0 atom stereocenters. The van der Waals surface area contributed by atoms with Crippen molar-refractivity contribution in [1.82, 2.24) is 13.7 Å². The number of hydrogen-bond acceptors (Lipinski definition) is 0. The molecule has 5 heteroatoms. The van der Waals surface area contributed by atoms with Crippen molar-refractivity contribution in [3.8, 4) is 28.2 Å². The zero-order valence-corrected chi connectivity index (χ0v) is 29.5. The highest BCUT2D eigenvalue weighted by molar-refractivity contribution is 6.17. The van der Waals surface area contributed by atoms with E-state index in [-0.39, 0.29) is 0 Å². The van der Waals surface area contributed by atoms with Crippen molar-refractivity contribution >= 4 is 76.8 Å². The van der Waals surface area contributed by atoms with Crippen LogP contribution in [0.3, 0.4) is 0 Å². The molecule has 0 spiro atoms. The van der Waals surface area contributed by atoms with E-state index in [0.717, 1.165) is 82.8 Å². The van der Waals surface area contributed by atoms with Crippen LogP contribution >= 0.6 is 0 Å². The number of rotatable bonds is 4. The Hall–Kier alpha value is -7.86. The molecule has 0 bridgehead atoms. The SMILES string of the molecule is [C-]#[N+]c1cccc(-n2c3ccccc3c3cccc(-n4c5ccccc5c5ccccc54)c32)c1-c1ccc(-n2c3ccccc3c3c([N+]#[C-])cccc32)cc1. The summed E-state index contributed by atoms with van der Waals surface area (Å²) in [6.45, 7) is 16.2. The van der Waals surface area contributed by atoms with Gasteiger partial charge in [0.25, 0.3) is 0 Å². The second-order valence-electron chi connectivity index (χ2n) is 13.9. The third kappa shape index (κ3) is 4.33. The predicted octanol–water partition coefficient (Wildman–Crippen LogP) is 13.7. The molecule has 0 unspecified atom stereocenters. The third-order valence-corrected chi connectivity index (χ3v) is 11.1. The zero-order valence-electron chi connectivity index (χ0n) is 29.5. The Morgan fingerprint density at radius 3 is 1.47 bits per heavy atom. The number of nitrogens with zero attached hydrogens (tertiary/aromatic N) is 5. The number of para-hydroxylation sites is 5. The maximum atomic E-state index is 8.38. The average molecular weight is 700 g/mol. The fourth-order valence-electron chi connectivity index (χ4n) is 8.87. The number of aromatic nitrogens is 3. The maximum absolute atomic E-state index is 8.38. The molecule has 55 heavy (non-hydrogen) atoms. The van der Waals surface area contributed by atoms with Crippen LogP contribution in [0.2, 0.25) is 0 Å². The van der Waals surface area contributed by atoms with Gasteiger partial charge < -0.3 is 13.7 Å². The Labute approximate surface area is 316 Å². The lowest BCUT2D eigenvalue weighted by Crippen LogP contribution is -2.02. The van der Waals surface area contributed by atoms with Crippen LogP contribution in [0.25, 0.3) is 103 Å². The molecule has 3 heterocycles. The van der Waals surface area contributed by atoms with E-state index in [1.807, 2.05) is 36.4 Å². The predicted molar refractivity (Wildman–Crippen MR) is 227 cm³/mol. The van der Waals surface area contributed by atoms with Crippen molar-refractivity contribution in [3.63, 3.8) is 0 Å². The third-order valence-electron chi connectivity index (χ3n) is 11.1. The van der Waals surface area contributed by atoms with Gasteiger partial charge in [0.15, 0.2) is 11.4 Å². The molecule has 0 saturated carbocycles. The van der Waals surface area contributed by atoms with Gasteiger partial charge in [0, 0.05) is 49.4 Å². The monoisotopic (exact) mass is 699 g/mol. The summed E-state index contributed by atoms with van der Waals surface area (Å²) in [6, 6.07) is 61.2. The topological polar surface area (TPSA) is 23.5 Å².